The Morgan fingerprint density at radius 2 is 1.50 bits per heavy atom. The second kappa shape index (κ2) is 7.06. The van der Waals surface area contributed by atoms with Crippen molar-refractivity contribution in [3.63, 3.8) is 0 Å². The maximum Gasteiger partial charge on any atom is 0.121 e. The molecule has 134 valence electrons. The largest absolute Gasteiger partial charge is 0.380 e. The molecular weight excluding hydrogens is 322 g/mol. The minimum atomic E-state index is -1.03. The van der Waals surface area contributed by atoms with Gasteiger partial charge in [0.1, 0.15) is 5.60 Å². The summed E-state index contributed by atoms with van der Waals surface area (Å²) in [6.45, 7) is 3.90. The van der Waals surface area contributed by atoms with E-state index in [9.17, 15) is 5.11 Å². The van der Waals surface area contributed by atoms with Gasteiger partial charge in [-0.15, -0.1) is 0 Å². The number of allylic oxidation sites excluding steroid dienone is 1. The van der Waals surface area contributed by atoms with Gasteiger partial charge >= 0.3 is 0 Å². The molecule has 0 saturated carbocycles. The summed E-state index contributed by atoms with van der Waals surface area (Å²) in [5, 5.41) is 18.6. The van der Waals surface area contributed by atoms with Crippen molar-refractivity contribution in [1.29, 1.82) is 0 Å². The van der Waals surface area contributed by atoms with Crippen LogP contribution >= 0.6 is 0 Å². The Morgan fingerprint density at radius 1 is 0.885 bits per heavy atom. The van der Waals surface area contributed by atoms with Crippen LogP contribution in [0.4, 0.5) is 0 Å². The second-order valence-electron chi connectivity index (χ2n) is 7.18. The topological polar surface area (TPSA) is 39.1 Å². The highest BCUT2D eigenvalue weighted by Gasteiger charge is 2.40. The Hall–Kier alpha value is -2.43. The molecule has 1 heterocycles. The number of hydrogen-bond acceptors (Lipinski definition) is 4. The first-order chi connectivity index (χ1) is 12.6. The zero-order valence-corrected chi connectivity index (χ0v) is 15.2. The first-order valence-electron chi connectivity index (χ1n) is 9.22. The monoisotopic (exact) mass is 347 g/mol. The summed E-state index contributed by atoms with van der Waals surface area (Å²) >= 11 is 0. The van der Waals surface area contributed by atoms with Crippen LogP contribution < -0.4 is 0 Å². The molecule has 1 atom stereocenters. The van der Waals surface area contributed by atoms with E-state index in [2.05, 4.69) is 35.2 Å². The van der Waals surface area contributed by atoms with Gasteiger partial charge in [0.25, 0.3) is 0 Å². The van der Waals surface area contributed by atoms with Crippen LogP contribution in [0.15, 0.2) is 71.8 Å². The summed E-state index contributed by atoms with van der Waals surface area (Å²) in [6.07, 6.45) is 2.58. The number of aliphatic hydroxyl groups is 1. The third kappa shape index (κ3) is 3.30. The van der Waals surface area contributed by atoms with Gasteiger partial charge in [-0.2, -0.15) is 5.10 Å². The van der Waals surface area contributed by atoms with E-state index in [-0.39, 0.29) is 0 Å². The molecule has 2 aromatic carbocycles. The third-order valence-corrected chi connectivity index (χ3v) is 5.28. The summed E-state index contributed by atoms with van der Waals surface area (Å²) in [6, 6.07) is 20.1. The van der Waals surface area contributed by atoms with Crippen LogP contribution in [-0.2, 0) is 5.60 Å². The predicted molar refractivity (Wildman–Crippen MR) is 106 cm³/mol. The lowest BCUT2D eigenvalue weighted by Gasteiger charge is -2.31. The van der Waals surface area contributed by atoms with E-state index in [0.29, 0.717) is 6.42 Å². The molecule has 4 nitrogen and oxygen atoms in total. The fraction of sp³-hybridized carbons (Fsp3) is 0.318. The van der Waals surface area contributed by atoms with E-state index in [1.807, 2.05) is 48.5 Å². The molecule has 0 spiro atoms. The summed E-state index contributed by atoms with van der Waals surface area (Å²) in [7, 11) is 2.14. The molecule has 2 aromatic rings. The predicted octanol–water partition coefficient (Wildman–Crippen LogP) is 2.96. The third-order valence-electron chi connectivity index (χ3n) is 5.28. The SMILES string of the molecule is CN1CCN(N=C2C=C(c3ccccc3)C(O)(c3ccccc3)C2)CC1. The first kappa shape index (κ1) is 17.0. The van der Waals surface area contributed by atoms with Gasteiger partial charge < -0.3 is 10.0 Å². The standard InChI is InChI=1S/C22H25N3O/c1-24-12-14-25(15-13-24)23-20-16-21(18-8-4-2-5-9-18)22(26,17-20)19-10-6-3-7-11-19/h2-11,16,26H,12-15,17H2,1H3. The summed E-state index contributed by atoms with van der Waals surface area (Å²) in [4.78, 5) is 2.32. The molecule has 0 aromatic heterocycles. The molecule has 4 rings (SSSR count). The van der Waals surface area contributed by atoms with Gasteiger partial charge in [0, 0.05) is 32.6 Å². The van der Waals surface area contributed by atoms with E-state index in [4.69, 9.17) is 5.10 Å². The van der Waals surface area contributed by atoms with Gasteiger partial charge in [-0.1, -0.05) is 60.7 Å². The van der Waals surface area contributed by atoms with Crippen LogP contribution in [0, 0.1) is 0 Å². The fourth-order valence-corrected chi connectivity index (χ4v) is 3.75. The average molecular weight is 347 g/mol. The molecular formula is C22H25N3O. The summed E-state index contributed by atoms with van der Waals surface area (Å²) in [5.41, 5.74) is 2.80. The molecule has 26 heavy (non-hydrogen) atoms. The summed E-state index contributed by atoms with van der Waals surface area (Å²) in [5.74, 6) is 0. The van der Waals surface area contributed by atoms with E-state index >= 15 is 0 Å². The van der Waals surface area contributed by atoms with Crippen molar-refractivity contribution >= 4 is 11.3 Å². The molecule has 1 fully saturated rings. The number of likely N-dealkylation sites (N-methyl/N-ethyl adjacent to an activating group) is 1. The van der Waals surface area contributed by atoms with Crippen molar-refractivity contribution in [2.24, 2.45) is 5.10 Å². The molecule has 1 aliphatic carbocycles. The highest BCUT2D eigenvalue weighted by Crippen LogP contribution is 2.44. The van der Waals surface area contributed by atoms with E-state index in [1.54, 1.807) is 0 Å². The van der Waals surface area contributed by atoms with Gasteiger partial charge in [-0.3, -0.25) is 5.01 Å². The van der Waals surface area contributed by atoms with E-state index in [0.717, 1.165) is 48.6 Å². The number of hydrazone groups is 1. The van der Waals surface area contributed by atoms with Crippen LogP contribution in [0.25, 0.3) is 5.57 Å². The quantitative estimate of drug-likeness (QED) is 0.928. The van der Waals surface area contributed by atoms with Crippen molar-refractivity contribution < 1.29 is 5.11 Å². The van der Waals surface area contributed by atoms with Crippen molar-refractivity contribution in [1.82, 2.24) is 9.91 Å². The lowest BCUT2D eigenvalue weighted by atomic mass is 9.84. The number of piperazine rings is 1. The Morgan fingerprint density at radius 3 is 2.15 bits per heavy atom. The van der Waals surface area contributed by atoms with Crippen LogP contribution in [0.5, 0.6) is 0 Å². The number of rotatable bonds is 3. The second-order valence-corrected chi connectivity index (χ2v) is 7.18. The zero-order chi connectivity index (χ0) is 18.0. The average Bonchev–Trinajstić information content (AvgIpc) is 3.02. The zero-order valence-electron chi connectivity index (χ0n) is 15.2. The van der Waals surface area contributed by atoms with Crippen molar-refractivity contribution in [3.05, 3.63) is 77.9 Å². The molecule has 1 unspecified atom stereocenters. The smallest absolute Gasteiger partial charge is 0.121 e. The Labute approximate surface area is 155 Å². The Balaban J connectivity index is 1.70. The summed E-state index contributed by atoms with van der Waals surface area (Å²) < 4.78 is 0. The fourth-order valence-electron chi connectivity index (χ4n) is 3.75. The van der Waals surface area contributed by atoms with Gasteiger partial charge in [-0.25, -0.2) is 0 Å². The number of benzene rings is 2. The van der Waals surface area contributed by atoms with Crippen molar-refractivity contribution in [2.75, 3.05) is 33.2 Å². The first-order valence-corrected chi connectivity index (χ1v) is 9.22. The maximum atomic E-state index is 11.6. The van der Waals surface area contributed by atoms with Gasteiger partial charge in [-0.05, 0) is 29.8 Å². The Bertz CT molecular complexity index is 808. The van der Waals surface area contributed by atoms with E-state index in [1.165, 1.54) is 0 Å². The molecule has 1 N–H and O–H groups in total. The highest BCUT2D eigenvalue weighted by atomic mass is 16.3. The minimum Gasteiger partial charge on any atom is -0.380 e. The molecule has 2 aliphatic rings. The highest BCUT2D eigenvalue weighted by molar-refractivity contribution is 6.08. The van der Waals surface area contributed by atoms with Crippen LogP contribution in [0.2, 0.25) is 0 Å². The van der Waals surface area contributed by atoms with Crippen molar-refractivity contribution in [3.8, 4) is 0 Å². The molecule has 0 radical (unpaired) electrons. The van der Waals surface area contributed by atoms with Gasteiger partial charge in [0.2, 0.25) is 0 Å². The van der Waals surface area contributed by atoms with E-state index < -0.39 is 5.60 Å². The minimum absolute atomic E-state index is 0.508. The van der Waals surface area contributed by atoms with Crippen LogP contribution in [0.3, 0.4) is 0 Å². The van der Waals surface area contributed by atoms with Crippen LogP contribution in [0.1, 0.15) is 17.5 Å². The lowest BCUT2D eigenvalue weighted by Crippen LogP contribution is -2.42. The number of nitrogens with zero attached hydrogens (tertiary/aromatic N) is 3. The van der Waals surface area contributed by atoms with Crippen molar-refractivity contribution in [2.45, 2.75) is 12.0 Å². The molecule has 4 heteroatoms. The normalized spacial score (nSPS) is 25.5. The molecule has 1 saturated heterocycles. The molecule has 0 amide bonds. The van der Waals surface area contributed by atoms with Gasteiger partial charge in [0.15, 0.2) is 0 Å². The molecule has 0 bridgehead atoms. The molecule has 1 aliphatic heterocycles. The number of hydrogen-bond donors (Lipinski definition) is 1. The maximum absolute atomic E-state index is 11.6. The van der Waals surface area contributed by atoms with Gasteiger partial charge in [0.05, 0.1) is 5.71 Å². The van der Waals surface area contributed by atoms with Crippen LogP contribution in [-0.4, -0.2) is 54.0 Å². The lowest BCUT2D eigenvalue weighted by molar-refractivity contribution is 0.111. The Kier molecular flexibility index (Phi) is 4.62.